The molecule has 1 atom stereocenters. The van der Waals surface area contributed by atoms with E-state index in [2.05, 4.69) is 50.4 Å². The molecule has 1 aliphatic carbocycles. The summed E-state index contributed by atoms with van der Waals surface area (Å²) in [5.41, 5.74) is 0. The predicted octanol–water partition coefficient (Wildman–Crippen LogP) is 1.93. The van der Waals surface area contributed by atoms with Gasteiger partial charge in [-0.15, -0.1) is 0 Å². The predicted molar refractivity (Wildman–Crippen MR) is 83.6 cm³/mol. The number of hydrogen-bond acceptors (Lipinski definition) is 2. The van der Waals surface area contributed by atoms with Crippen LogP contribution in [0.1, 0.15) is 40.0 Å². The molecule has 1 aliphatic rings. The summed E-state index contributed by atoms with van der Waals surface area (Å²) in [4.78, 5) is 7.06. The monoisotopic (exact) mass is 268 g/mol. The molecule has 0 saturated heterocycles. The molecule has 0 aromatic heterocycles. The second kappa shape index (κ2) is 8.41. The third kappa shape index (κ3) is 6.81. The SMILES string of the molecule is CCNC(=NCC(C1CC1)N(C)C)NCCC(C)C. The van der Waals surface area contributed by atoms with Crippen molar-refractivity contribution >= 4 is 5.96 Å². The maximum absolute atomic E-state index is 4.75. The van der Waals surface area contributed by atoms with Gasteiger partial charge in [0.2, 0.25) is 0 Å². The number of aliphatic imine (C=N–C) groups is 1. The quantitative estimate of drug-likeness (QED) is 0.522. The van der Waals surface area contributed by atoms with Crippen LogP contribution in [0.15, 0.2) is 4.99 Å². The van der Waals surface area contributed by atoms with E-state index in [0.717, 1.165) is 37.4 Å². The minimum absolute atomic E-state index is 0.598. The van der Waals surface area contributed by atoms with Gasteiger partial charge in [0.15, 0.2) is 5.96 Å². The van der Waals surface area contributed by atoms with Crippen molar-refractivity contribution in [1.82, 2.24) is 15.5 Å². The van der Waals surface area contributed by atoms with Crippen LogP contribution in [-0.2, 0) is 0 Å². The van der Waals surface area contributed by atoms with Gasteiger partial charge in [-0.2, -0.15) is 0 Å². The minimum atomic E-state index is 0.598. The molecule has 0 amide bonds. The molecule has 0 aromatic carbocycles. The molecule has 2 N–H and O–H groups in total. The molecule has 0 bridgehead atoms. The van der Waals surface area contributed by atoms with E-state index in [1.165, 1.54) is 19.3 Å². The third-order valence-electron chi connectivity index (χ3n) is 3.62. The van der Waals surface area contributed by atoms with Gasteiger partial charge in [-0.05, 0) is 52.1 Å². The van der Waals surface area contributed by atoms with Crippen LogP contribution in [0.3, 0.4) is 0 Å². The van der Waals surface area contributed by atoms with Crippen molar-refractivity contribution in [3.8, 4) is 0 Å². The van der Waals surface area contributed by atoms with Crippen LogP contribution in [0.2, 0.25) is 0 Å². The van der Waals surface area contributed by atoms with Crippen molar-refractivity contribution in [2.24, 2.45) is 16.8 Å². The van der Waals surface area contributed by atoms with E-state index in [-0.39, 0.29) is 0 Å². The molecule has 0 spiro atoms. The molecule has 0 aromatic rings. The van der Waals surface area contributed by atoms with Crippen molar-refractivity contribution in [2.75, 3.05) is 33.7 Å². The summed E-state index contributed by atoms with van der Waals surface area (Å²) >= 11 is 0. The third-order valence-corrected chi connectivity index (χ3v) is 3.62. The fourth-order valence-corrected chi connectivity index (χ4v) is 2.22. The van der Waals surface area contributed by atoms with Gasteiger partial charge in [-0.3, -0.25) is 4.99 Å². The normalized spacial score (nSPS) is 17.9. The van der Waals surface area contributed by atoms with Gasteiger partial charge in [0.1, 0.15) is 0 Å². The molecular weight excluding hydrogens is 236 g/mol. The van der Waals surface area contributed by atoms with Gasteiger partial charge in [-0.1, -0.05) is 13.8 Å². The summed E-state index contributed by atoms with van der Waals surface area (Å²) in [5.74, 6) is 2.56. The highest BCUT2D eigenvalue weighted by atomic mass is 15.2. The average molecular weight is 268 g/mol. The van der Waals surface area contributed by atoms with Crippen LogP contribution in [0.5, 0.6) is 0 Å². The molecule has 0 aliphatic heterocycles. The van der Waals surface area contributed by atoms with E-state index in [1.54, 1.807) is 0 Å². The van der Waals surface area contributed by atoms with Gasteiger partial charge < -0.3 is 15.5 Å². The molecule has 1 rings (SSSR count). The van der Waals surface area contributed by atoms with E-state index < -0.39 is 0 Å². The molecular formula is C15H32N4. The smallest absolute Gasteiger partial charge is 0.191 e. The van der Waals surface area contributed by atoms with E-state index >= 15 is 0 Å². The highest BCUT2D eigenvalue weighted by Gasteiger charge is 2.32. The highest BCUT2D eigenvalue weighted by molar-refractivity contribution is 5.79. The van der Waals surface area contributed by atoms with Crippen LogP contribution >= 0.6 is 0 Å². The molecule has 1 unspecified atom stereocenters. The molecule has 112 valence electrons. The first kappa shape index (κ1) is 16.3. The number of hydrogen-bond donors (Lipinski definition) is 2. The maximum atomic E-state index is 4.75. The first-order chi connectivity index (χ1) is 9.04. The zero-order valence-electron chi connectivity index (χ0n) is 13.4. The lowest BCUT2D eigenvalue weighted by Crippen LogP contribution is -2.40. The Balaban J connectivity index is 2.41. The van der Waals surface area contributed by atoms with Crippen LogP contribution < -0.4 is 10.6 Å². The Bertz CT molecular complexity index is 267. The van der Waals surface area contributed by atoms with Crippen LogP contribution in [0.25, 0.3) is 0 Å². The van der Waals surface area contributed by atoms with Crippen LogP contribution in [0, 0.1) is 11.8 Å². The summed E-state index contributed by atoms with van der Waals surface area (Å²) in [6.07, 6.45) is 3.93. The van der Waals surface area contributed by atoms with Gasteiger partial charge in [0, 0.05) is 19.1 Å². The van der Waals surface area contributed by atoms with Crippen molar-refractivity contribution in [1.29, 1.82) is 0 Å². The van der Waals surface area contributed by atoms with Crippen LogP contribution in [0.4, 0.5) is 0 Å². The fourth-order valence-electron chi connectivity index (χ4n) is 2.22. The van der Waals surface area contributed by atoms with Gasteiger partial charge >= 0.3 is 0 Å². The number of nitrogens with zero attached hydrogens (tertiary/aromatic N) is 2. The lowest BCUT2D eigenvalue weighted by Gasteiger charge is -2.23. The standard InChI is InChI=1S/C15H32N4/c1-6-16-15(17-10-9-12(2)3)18-11-14(19(4)5)13-7-8-13/h12-14H,6-11H2,1-5H3,(H2,16,17,18). The highest BCUT2D eigenvalue weighted by Crippen LogP contribution is 2.34. The van der Waals surface area contributed by atoms with E-state index in [4.69, 9.17) is 4.99 Å². The Morgan fingerprint density at radius 1 is 1.26 bits per heavy atom. The van der Waals surface area contributed by atoms with E-state index in [0.29, 0.717) is 6.04 Å². The first-order valence-corrected chi connectivity index (χ1v) is 7.73. The molecule has 0 heterocycles. The fraction of sp³-hybridized carbons (Fsp3) is 0.933. The van der Waals surface area contributed by atoms with Crippen LogP contribution in [-0.4, -0.2) is 50.6 Å². The summed E-state index contributed by atoms with van der Waals surface area (Å²) < 4.78 is 0. The van der Waals surface area contributed by atoms with Crippen molar-refractivity contribution < 1.29 is 0 Å². The zero-order valence-corrected chi connectivity index (χ0v) is 13.4. The largest absolute Gasteiger partial charge is 0.357 e. The van der Waals surface area contributed by atoms with Crippen molar-refractivity contribution in [3.63, 3.8) is 0 Å². The summed E-state index contributed by atoms with van der Waals surface area (Å²) in [6, 6.07) is 0.598. The Morgan fingerprint density at radius 3 is 2.42 bits per heavy atom. The van der Waals surface area contributed by atoms with E-state index in [9.17, 15) is 0 Å². The minimum Gasteiger partial charge on any atom is -0.357 e. The van der Waals surface area contributed by atoms with Gasteiger partial charge in [-0.25, -0.2) is 0 Å². The molecule has 1 saturated carbocycles. The lowest BCUT2D eigenvalue weighted by molar-refractivity contribution is 0.271. The van der Waals surface area contributed by atoms with Gasteiger partial charge in [0.05, 0.1) is 6.54 Å². The van der Waals surface area contributed by atoms with Gasteiger partial charge in [0.25, 0.3) is 0 Å². The maximum Gasteiger partial charge on any atom is 0.191 e. The summed E-state index contributed by atoms with van der Waals surface area (Å²) in [7, 11) is 4.33. The first-order valence-electron chi connectivity index (χ1n) is 7.73. The topological polar surface area (TPSA) is 39.7 Å². The Kier molecular flexibility index (Phi) is 7.21. The summed E-state index contributed by atoms with van der Waals surface area (Å²) in [6.45, 7) is 9.43. The lowest BCUT2D eigenvalue weighted by atomic mass is 10.1. The molecule has 4 heteroatoms. The van der Waals surface area contributed by atoms with Crippen molar-refractivity contribution in [3.05, 3.63) is 0 Å². The average Bonchev–Trinajstić information content (AvgIpc) is 3.12. The molecule has 19 heavy (non-hydrogen) atoms. The van der Waals surface area contributed by atoms with E-state index in [1.807, 2.05) is 0 Å². The summed E-state index contributed by atoms with van der Waals surface area (Å²) in [5, 5.41) is 6.76. The van der Waals surface area contributed by atoms with Crippen molar-refractivity contribution in [2.45, 2.75) is 46.1 Å². The second-order valence-corrected chi connectivity index (χ2v) is 6.20. The molecule has 1 fully saturated rings. The number of guanidine groups is 1. The Labute approximate surface area is 119 Å². The zero-order chi connectivity index (χ0) is 14.3. The Morgan fingerprint density at radius 2 is 1.95 bits per heavy atom. The molecule has 4 nitrogen and oxygen atoms in total. The molecule has 0 radical (unpaired) electrons. The second-order valence-electron chi connectivity index (χ2n) is 6.20. The number of nitrogens with one attached hydrogen (secondary N) is 2. The number of rotatable bonds is 8. The number of likely N-dealkylation sites (N-methyl/N-ethyl adjacent to an activating group) is 1. The Hall–Kier alpha value is -0.770.